The van der Waals surface area contributed by atoms with Crippen LogP contribution < -0.4 is 0 Å². The molecule has 68 valence electrons. The highest BCUT2D eigenvalue weighted by Crippen LogP contribution is 2.33. The van der Waals surface area contributed by atoms with Gasteiger partial charge in [0.25, 0.3) is 0 Å². The summed E-state index contributed by atoms with van der Waals surface area (Å²) in [5.41, 5.74) is 2.23. The maximum Gasteiger partial charge on any atom is 0.307 e. The van der Waals surface area contributed by atoms with Crippen LogP contribution in [0.15, 0.2) is 23.1 Å². The van der Waals surface area contributed by atoms with Crippen LogP contribution in [0, 0.1) is 0 Å². The van der Waals surface area contributed by atoms with Crippen LogP contribution in [0.25, 0.3) is 0 Å². The van der Waals surface area contributed by atoms with Crippen molar-refractivity contribution in [1.82, 2.24) is 0 Å². The molecule has 13 heavy (non-hydrogen) atoms. The predicted octanol–water partition coefficient (Wildman–Crippen LogP) is 1.96. The Morgan fingerprint density at radius 1 is 1.54 bits per heavy atom. The molecule has 0 aliphatic carbocycles. The van der Waals surface area contributed by atoms with Gasteiger partial charge < -0.3 is 5.11 Å². The van der Waals surface area contributed by atoms with Crippen LogP contribution in [0.4, 0.5) is 0 Å². The minimum Gasteiger partial charge on any atom is -0.481 e. The van der Waals surface area contributed by atoms with Gasteiger partial charge in [-0.25, -0.2) is 0 Å². The lowest BCUT2D eigenvalue weighted by molar-refractivity contribution is -0.136. The van der Waals surface area contributed by atoms with Gasteiger partial charge in [0.1, 0.15) is 0 Å². The third-order valence-electron chi connectivity index (χ3n) is 2.18. The number of carboxylic acids is 1. The molecule has 0 saturated heterocycles. The number of rotatable bonds is 2. The maximum atomic E-state index is 10.6. The summed E-state index contributed by atoms with van der Waals surface area (Å²) in [6.07, 6.45) is 1.17. The molecule has 3 heteroatoms. The molecule has 0 radical (unpaired) electrons. The lowest BCUT2D eigenvalue weighted by Gasteiger charge is -2.04. The van der Waals surface area contributed by atoms with Crippen molar-refractivity contribution < 1.29 is 9.90 Å². The molecule has 0 fully saturated rings. The van der Waals surface area contributed by atoms with Gasteiger partial charge >= 0.3 is 5.97 Å². The molecule has 1 aliphatic heterocycles. The van der Waals surface area contributed by atoms with Gasteiger partial charge in [-0.3, -0.25) is 4.79 Å². The van der Waals surface area contributed by atoms with Gasteiger partial charge in [-0.05, 0) is 23.6 Å². The summed E-state index contributed by atoms with van der Waals surface area (Å²) >= 11 is 1.82. The Morgan fingerprint density at radius 2 is 2.38 bits per heavy atom. The van der Waals surface area contributed by atoms with Crippen LogP contribution in [0.5, 0.6) is 0 Å². The summed E-state index contributed by atoms with van der Waals surface area (Å²) in [7, 11) is 0. The fourth-order valence-corrected chi connectivity index (χ4v) is 2.73. The van der Waals surface area contributed by atoms with Gasteiger partial charge in [-0.2, -0.15) is 0 Å². The number of hydrogen-bond acceptors (Lipinski definition) is 2. The van der Waals surface area contributed by atoms with Gasteiger partial charge in [0.2, 0.25) is 0 Å². The SMILES string of the molecule is O=C(O)Cc1cccc2c1CCS2. The Hall–Kier alpha value is -0.960. The molecule has 1 aromatic carbocycles. The summed E-state index contributed by atoms with van der Waals surface area (Å²) < 4.78 is 0. The van der Waals surface area contributed by atoms with Crippen LogP contribution in [-0.4, -0.2) is 16.8 Å². The van der Waals surface area contributed by atoms with E-state index in [1.807, 2.05) is 23.9 Å². The van der Waals surface area contributed by atoms with E-state index >= 15 is 0 Å². The molecule has 1 aromatic rings. The van der Waals surface area contributed by atoms with Gasteiger partial charge in [0.05, 0.1) is 6.42 Å². The van der Waals surface area contributed by atoms with Gasteiger partial charge in [0.15, 0.2) is 0 Å². The van der Waals surface area contributed by atoms with Crippen LogP contribution >= 0.6 is 11.8 Å². The van der Waals surface area contributed by atoms with E-state index in [1.165, 1.54) is 10.5 Å². The highest BCUT2D eigenvalue weighted by Gasteiger charge is 2.15. The standard InChI is InChI=1S/C10H10O2S/c11-10(12)6-7-2-1-3-9-8(7)4-5-13-9/h1-3H,4-6H2,(H,11,12). The van der Waals surface area contributed by atoms with Crippen LogP contribution in [-0.2, 0) is 17.6 Å². The van der Waals surface area contributed by atoms with Crippen molar-refractivity contribution in [2.24, 2.45) is 0 Å². The third-order valence-corrected chi connectivity index (χ3v) is 3.28. The zero-order valence-electron chi connectivity index (χ0n) is 7.12. The highest BCUT2D eigenvalue weighted by molar-refractivity contribution is 7.99. The lowest BCUT2D eigenvalue weighted by Crippen LogP contribution is -2.03. The molecule has 0 bridgehead atoms. The number of benzene rings is 1. The van der Waals surface area contributed by atoms with Crippen LogP contribution in [0.1, 0.15) is 11.1 Å². The fraction of sp³-hybridized carbons (Fsp3) is 0.300. The molecule has 0 spiro atoms. The van der Waals surface area contributed by atoms with E-state index in [2.05, 4.69) is 6.07 Å². The Morgan fingerprint density at radius 3 is 3.15 bits per heavy atom. The summed E-state index contributed by atoms with van der Waals surface area (Å²) in [5.74, 6) is 0.344. The van der Waals surface area contributed by atoms with Crippen molar-refractivity contribution in [3.63, 3.8) is 0 Å². The number of hydrogen-bond donors (Lipinski definition) is 1. The topological polar surface area (TPSA) is 37.3 Å². The first-order valence-electron chi connectivity index (χ1n) is 4.23. The molecule has 0 saturated carbocycles. The second-order valence-corrected chi connectivity index (χ2v) is 4.20. The molecule has 1 N–H and O–H groups in total. The van der Waals surface area contributed by atoms with E-state index < -0.39 is 5.97 Å². The summed E-state index contributed by atoms with van der Waals surface area (Å²) in [6, 6.07) is 5.92. The first-order valence-corrected chi connectivity index (χ1v) is 5.21. The average molecular weight is 194 g/mol. The lowest BCUT2D eigenvalue weighted by atomic mass is 10.0. The molecule has 1 heterocycles. The fourth-order valence-electron chi connectivity index (χ4n) is 1.62. The minimum atomic E-state index is -0.745. The average Bonchev–Trinajstić information content (AvgIpc) is 2.51. The monoisotopic (exact) mass is 194 g/mol. The van der Waals surface area contributed by atoms with Crippen molar-refractivity contribution in [2.45, 2.75) is 17.7 Å². The Balaban J connectivity index is 2.36. The second-order valence-electron chi connectivity index (χ2n) is 3.06. The predicted molar refractivity (Wildman–Crippen MR) is 52.2 cm³/mol. The summed E-state index contributed by atoms with van der Waals surface area (Å²) in [4.78, 5) is 11.8. The number of fused-ring (bicyclic) bond motifs is 1. The largest absolute Gasteiger partial charge is 0.481 e. The molecular weight excluding hydrogens is 184 g/mol. The second kappa shape index (κ2) is 3.42. The van der Waals surface area contributed by atoms with Crippen molar-refractivity contribution in [3.05, 3.63) is 29.3 Å². The molecule has 0 atom stereocenters. The Kier molecular flexibility index (Phi) is 2.27. The van der Waals surface area contributed by atoms with Crippen molar-refractivity contribution >= 4 is 17.7 Å². The van der Waals surface area contributed by atoms with E-state index in [9.17, 15) is 4.79 Å². The third kappa shape index (κ3) is 1.70. The van der Waals surface area contributed by atoms with Crippen molar-refractivity contribution in [3.8, 4) is 0 Å². The molecule has 0 amide bonds. The normalized spacial score (nSPS) is 14.2. The molecule has 2 rings (SSSR count). The number of carbonyl (C=O) groups is 1. The number of carboxylic acid groups (broad SMARTS) is 1. The maximum absolute atomic E-state index is 10.6. The zero-order valence-corrected chi connectivity index (χ0v) is 7.93. The Labute approximate surface area is 81.0 Å². The van der Waals surface area contributed by atoms with Crippen LogP contribution in [0.3, 0.4) is 0 Å². The van der Waals surface area contributed by atoms with Gasteiger partial charge in [-0.15, -0.1) is 11.8 Å². The van der Waals surface area contributed by atoms with E-state index in [1.54, 1.807) is 0 Å². The van der Waals surface area contributed by atoms with Crippen LogP contribution in [0.2, 0.25) is 0 Å². The highest BCUT2D eigenvalue weighted by atomic mass is 32.2. The molecular formula is C10H10O2S. The quantitative estimate of drug-likeness (QED) is 0.782. The van der Waals surface area contributed by atoms with E-state index in [-0.39, 0.29) is 6.42 Å². The zero-order chi connectivity index (χ0) is 9.26. The van der Waals surface area contributed by atoms with Crippen molar-refractivity contribution in [2.75, 3.05) is 5.75 Å². The smallest absolute Gasteiger partial charge is 0.307 e. The van der Waals surface area contributed by atoms with E-state index in [4.69, 9.17) is 5.11 Å². The van der Waals surface area contributed by atoms with E-state index in [0.717, 1.165) is 17.7 Å². The van der Waals surface area contributed by atoms with Crippen molar-refractivity contribution in [1.29, 1.82) is 0 Å². The van der Waals surface area contributed by atoms with E-state index in [0.29, 0.717) is 0 Å². The first kappa shape index (κ1) is 8.63. The molecule has 2 nitrogen and oxygen atoms in total. The Bertz CT molecular complexity index is 347. The molecule has 1 aliphatic rings. The first-order chi connectivity index (χ1) is 6.27. The summed E-state index contributed by atoms with van der Waals surface area (Å²) in [6.45, 7) is 0. The number of aliphatic carboxylic acids is 1. The van der Waals surface area contributed by atoms with Gasteiger partial charge in [-0.1, -0.05) is 12.1 Å². The minimum absolute atomic E-state index is 0.156. The van der Waals surface area contributed by atoms with Gasteiger partial charge in [0, 0.05) is 10.6 Å². The molecule has 0 aromatic heterocycles. The summed E-state index contributed by atoms with van der Waals surface area (Å²) in [5, 5.41) is 8.69. The number of thioether (sulfide) groups is 1. The molecule has 0 unspecified atom stereocenters.